The lowest BCUT2D eigenvalue weighted by atomic mass is 10.1. The second-order valence-electron chi connectivity index (χ2n) is 5.05. The average molecular weight is 468 g/mol. The normalized spacial score (nSPS) is 11.3. The van der Waals surface area contributed by atoms with Crippen molar-refractivity contribution >= 4 is 50.3 Å². The molecule has 2 N–H and O–H groups in total. The summed E-state index contributed by atoms with van der Waals surface area (Å²) >= 11 is 12.0. The number of aryl methyl sites for hydroxylation is 1. The van der Waals surface area contributed by atoms with Gasteiger partial charge in [0.25, 0.3) is 0 Å². The van der Waals surface area contributed by atoms with Crippen molar-refractivity contribution in [3.63, 3.8) is 0 Å². The van der Waals surface area contributed by atoms with E-state index < -0.39 is 0 Å². The van der Waals surface area contributed by atoms with E-state index in [0.717, 1.165) is 15.6 Å². The summed E-state index contributed by atoms with van der Waals surface area (Å²) in [7, 11) is 0. The van der Waals surface area contributed by atoms with Gasteiger partial charge in [0.15, 0.2) is 5.82 Å². The molecule has 122 valence electrons. The van der Waals surface area contributed by atoms with E-state index in [4.69, 9.17) is 12.2 Å². The zero-order chi connectivity index (χ0) is 17.3. The molecule has 0 bridgehead atoms. The predicted octanol–water partition coefficient (Wildman–Crippen LogP) is 5.03. The Morgan fingerprint density at radius 1 is 1.29 bits per heavy atom. The van der Waals surface area contributed by atoms with Gasteiger partial charge < -0.3 is 5.11 Å². The highest BCUT2D eigenvalue weighted by Gasteiger charge is 2.11. The molecule has 0 saturated carbocycles. The van der Waals surface area contributed by atoms with E-state index in [1.807, 2.05) is 31.2 Å². The van der Waals surface area contributed by atoms with Gasteiger partial charge in [0.2, 0.25) is 4.77 Å². The highest BCUT2D eigenvalue weighted by Crippen LogP contribution is 2.30. The van der Waals surface area contributed by atoms with Crippen LogP contribution in [0.15, 0.2) is 50.4 Å². The van der Waals surface area contributed by atoms with Crippen LogP contribution in [0.3, 0.4) is 0 Å². The number of benzene rings is 2. The Balaban J connectivity index is 2.08. The van der Waals surface area contributed by atoms with E-state index >= 15 is 0 Å². The van der Waals surface area contributed by atoms with Gasteiger partial charge >= 0.3 is 0 Å². The highest BCUT2D eigenvalue weighted by molar-refractivity contribution is 9.11. The van der Waals surface area contributed by atoms with E-state index in [2.05, 4.69) is 47.2 Å². The van der Waals surface area contributed by atoms with Crippen LogP contribution in [0.4, 0.5) is 0 Å². The molecular formula is C16H12Br2N4OS. The Hall–Kier alpha value is -1.77. The molecule has 5 nitrogen and oxygen atoms in total. The molecule has 0 spiro atoms. The van der Waals surface area contributed by atoms with Crippen LogP contribution in [0, 0.1) is 11.7 Å². The lowest BCUT2D eigenvalue weighted by Crippen LogP contribution is -1.96. The van der Waals surface area contributed by atoms with Crippen molar-refractivity contribution in [2.75, 3.05) is 0 Å². The maximum atomic E-state index is 10.1. The number of aromatic amines is 1. The van der Waals surface area contributed by atoms with Gasteiger partial charge in [-0.25, -0.2) is 5.10 Å². The minimum absolute atomic E-state index is 0.106. The number of halogens is 2. The molecule has 8 heteroatoms. The van der Waals surface area contributed by atoms with Gasteiger partial charge in [0.05, 0.1) is 10.7 Å². The zero-order valence-electron chi connectivity index (χ0n) is 12.5. The average Bonchev–Trinajstić information content (AvgIpc) is 2.90. The number of phenolic OH excluding ortho intramolecular Hbond substituents is 1. The maximum absolute atomic E-state index is 10.1. The molecule has 3 rings (SSSR count). The number of rotatable bonds is 3. The molecular weight excluding hydrogens is 456 g/mol. The fourth-order valence-electron chi connectivity index (χ4n) is 2.20. The smallest absolute Gasteiger partial charge is 0.216 e. The van der Waals surface area contributed by atoms with E-state index in [-0.39, 0.29) is 5.75 Å². The zero-order valence-corrected chi connectivity index (χ0v) is 16.5. The van der Waals surface area contributed by atoms with Crippen LogP contribution in [0.5, 0.6) is 5.75 Å². The number of nitrogens with one attached hydrogen (secondary N) is 1. The van der Waals surface area contributed by atoms with Crippen molar-refractivity contribution in [1.29, 1.82) is 0 Å². The van der Waals surface area contributed by atoms with Crippen LogP contribution in [-0.2, 0) is 0 Å². The Bertz CT molecular complexity index is 994. The first-order valence-electron chi connectivity index (χ1n) is 6.93. The van der Waals surface area contributed by atoms with Gasteiger partial charge in [0, 0.05) is 15.6 Å². The first-order valence-corrected chi connectivity index (χ1v) is 8.92. The molecule has 0 amide bonds. The summed E-state index contributed by atoms with van der Waals surface area (Å²) in [5.41, 5.74) is 2.55. The second kappa shape index (κ2) is 7.00. The number of aromatic nitrogens is 3. The number of nitrogens with zero attached hydrogens (tertiary/aromatic N) is 3. The predicted molar refractivity (Wildman–Crippen MR) is 104 cm³/mol. The van der Waals surface area contributed by atoms with E-state index in [9.17, 15) is 5.11 Å². The third kappa shape index (κ3) is 3.35. The van der Waals surface area contributed by atoms with Crippen molar-refractivity contribution in [2.45, 2.75) is 6.92 Å². The standard InChI is InChI=1S/C16H12Br2N4OS/c1-9-4-2-3-5-12(9)15-20-21-16(24)22(15)19-8-10-6-11(17)7-13(18)14(10)23/h2-8,23H,1H3,(H,21,24)/b19-8+. The summed E-state index contributed by atoms with van der Waals surface area (Å²) in [5.74, 6) is 0.720. The van der Waals surface area contributed by atoms with Gasteiger partial charge in [-0.2, -0.15) is 14.9 Å². The number of hydrogen-bond donors (Lipinski definition) is 2. The van der Waals surface area contributed by atoms with Gasteiger partial charge in [-0.15, -0.1) is 0 Å². The molecule has 0 saturated heterocycles. The SMILES string of the molecule is Cc1ccccc1-c1n[nH]c(=S)n1/N=C/c1cc(Br)cc(Br)c1O. The Labute approximate surface area is 160 Å². The molecule has 3 aromatic rings. The van der Waals surface area contributed by atoms with E-state index in [1.165, 1.54) is 10.9 Å². The van der Waals surface area contributed by atoms with Crippen LogP contribution in [0.1, 0.15) is 11.1 Å². The third-order valence-electron chi connectivity index (χ3n) is 3.41. The van der Waals surface area contributed by atoms with Crippen molar-refractivity contribution < 1.29 is 5.11 Å². The molecule has 24 heavy (non-hydrogen) atoms. The number of hydrogen-bond acceptors (Lipinski definition) is 4. The Morgan fingerprint density at radius 2 is 2.04 bits per heavy atom. The molecule has 1 heterocycles. The lowest BCUT2D eigenvalue weighted by molar-refractivity contribution is 0.471. The van der Waals surface area contributed by atoms with Crippen molar-refractivity contribution in [3.8, 4) is 17.1 Å². The molecule has 2 aromatic carbocycles. The third-order valence-corrected chi connectivity index (χ3v) is 4.73. The molecule has 0 fully saturated rings. The van der Waals surface area contributed by atoms with Gasteiger partial charge in [0.1, 0.15) is 5.75 Å². The van der Waals surface area contributed by atoms with E-state index in [0.29, 0.717) is 20.6 Å². The minimum Gasteiger partial charge on any atom is -0.506 e. The van der Waals surface area contributed by atoms with Crippen LogP contribution in [0.2, 0.25) is 0 Å². The largest absolute Gasteiger partial charge is 0.506 e. The van der Waals surface area contributed by atoms with Crippen molar-refractivity contribution in [2.24, 2.45) is 5.10 Å². The van der Waals surface area contributed by atoms with Crippen molar-refractivity contribution in [3.05, 3.63) is 61.2 Å². The van der Waals surface area contributed by atoms with Crippen LogP contribution in [0.25, 0.3) is 11.4 Å². The quantitative estimate of drug-likeness (QED) is 0.419. The van der Waals surface area contributed by atoms with Crippen LogP contribution >= 0.6 is 44.1 Å². The molecule has 0 aliphatic carbocycles. The lowest BCUT2D eigenvalue weighted by Gasteiger charge is -2.05. The first kappa shape index (κ1) is 17.1. The first-order chi connectivity index (χ1) is 11.5. The highest BCUT2D eigenvalue weighted by atomic mass is 79.9. The van der Waals surface area contributed by atoms with Crippen LogP contribution < -0.4 is 0 Å². The fourth-order valence-corrected chi connectivity index (χ4v) is 3.64. The molecule has 0 radical (unpaired) electrons. The van der Waals surface area contributed by atoms with Gasteiger partial charge in [-0.1, -0.05) is 40.2 Å². The Kier molecular flexibility index (Phi) is 4.98. The summed E-state index contributed by atoms with van der Waals surface area (Å²) in [6.45, 7) is 2.00. The number of H-pyrrole nitrogens is 1. The molecule has 1 aromatic heterocycles. The fraction of sp³-hybridized carbons (Fsp3) is 0.0625. The van der Waals surface area contributed by atoms with Crippen LogP contribution in [-0.4, -0.2) is 26.2 Å². The summed E-state index contributed by atoms with van der Waals surface area (Å²) in [4.78, 5) is 0. The summed E-state index contributed by atoms with van der Waals surface area (Å²) in [5, 5.41) is 21.5. The number of phenols is 1. The van der Waals surface area contributed by atoms with Gasteiger partial charge in [-0.05, 0) is 52.8 Å². The molecule has 0 aliphatic heterocycles. The van der Waals surface area contributed by atoms with Crippen molar-refractivity contribution in [1.82, 2.24) is 14.9 Å². The molecule has 0 aliphatic rings. The van der Waals surface area contributed by atoms with E-state index in [1.54, 1.807) is 12.1 Å². The summed E-state index contributed by atoms with van der Waals surface area (Å²) < 4.78 is 3.31. The second-order valence-corrected chi connectivity index (χ2v) is 7.21. The molecule has 0 atom stereocenters. The minimum atomic E-state index is 0.106. The summed E-state index contributed by atoms with van der Waals surface area (Å²) in [6, 6.07) is 11.4. The molecule has 0 unspecified atom stereocenters. The topological polar surface area (TPSA) is 66.2 Å². The maximum Gasteiger partial charge on any atom is 0.216 e. The number of aromatic hydroxyl groups is 1. The monoisotopic (exact) mass is 466 g/mol. The van der Waals surface area contributed by atoms with Gasteiger partial charge in [-0.3, -0.25) is 0 Å². The summed E-state index contributed by atoms with van der Waals surface area (Å²) in [6.07, 6.45) is 1.54. The Morgan fingerprint density at radius 3 is 2.79 bits per heavy atom.